The van der Waals surface area contributed by atoms with Gasteiger partial charge >= 0.3 is 6.03 Å². The van der Waals surface area contributed by atoms with Gasteiger partial charge in [0.25, 0.3) is 5.91 Å². The van der Waals surface area contributed by atoms with E-state index in [0.717, 1.165) is 4.90 Å². The number of nitrogens with zero attached hydrogens (tertiary/aromatic N) is 3. The lowest BCUT2D eigenvalue weighted by Crippen LogP contribution is -2.68. The largest absolute Gasteiger partial charge is 0.393 e. The van der Waals surface area contributed by atoms with Gasteiger partial charge in [0.15, 0.2) is 11.5 Å². The minimum absolute atomic E-state index is 0.0154. The van der Waals surface area contributed by atoms with Crippen molar-refractivity contribution in [3.05, 3.63) is 0 Å². The number of aliphatic hydroxyl groups is 1. The second kappa shape index (κ2) is 9.68. The zero-order valence-corrected chi connectivity index (χ0v) is 15.1. The molecular weight excluding hydrogens is 358 g/mol. The molecule has 0 bridgehead atoms. The van der Waals surface area contributed by atoms with Gasteiger partial charge in [0, 0.05) is 26.1 Å². The van der Waals surface area contributed by atoms with Crippen molar-refractivity contribution in [2.24, 2.45) is 32.9 Å². The van der Waals surface area contributed by atoms with Crippen LogP contribution in [0, 0.1) is 0 Å². The molecule has 0 spiro atoms. The van der Waals surface area contributed by atoms with Crippen molar-refractivity contribution in [2.75, 3.05) is 26.7 Å². The summed E-state index contributed by atoms with van der Waals surface area (Å²) in [6.45, 7) is -0.505. The molecule has 11 N–H and O–H groups in total. The summed E-state index contributed by atoms with van der Waals surface area (Å²) in [5, 5.41) is 14.2. The molecule has 0 aromatic heterocycles. The number of aliphatic hydroxyl groups excluding tert-OH is 1. The summed E-state index contributed by atoms with van der Waals surface area (Å²) in [5.41, 5.74) is 19.8. The topological polar surface area (TPSA) is 228 Å². The van der Waals surface area contributed by atoms with Crippen molar-refractivity contribution < 1.29 is 19.5 Å². The van der Waals surface area contributed by atoms with E-state index < -0.39 is 36.0 Å². The number of aliphatic imine (C=N–C) groups is 2. The molecule has 4 amide bonds. The predicted molar refractivity (Wildman–Crippen MR) is 98.3 cm³/mol. The second-order valence-electron chi connectivity index (χ2n) is 6.16. The number of guanidine groups is 2. The van der Waals surface area contributed by atoms with E-state index in [1.54, 1.807) is 0 Å². The summed E-state index contributed by atoms with van der Waals surface area (Å²) in [7, 11) is 1.38. The third-order valence-electron chi connectivity index (χ3n) is 4.14. The van der Waals surface area contributed by atoms with Crippen LogP contribution in [-0.2, 0) is 9.59 Å². The van der Waals surface area contributed by atoms with E-state index in [4.69, 9.17) is 22.9 Å². The first-order valence-electron chi connectivity index (χ1n) is 8.23. The van der Waals surface area contributed by atoms with E-state index in [2.05, 4.69) is 20.6 Å². The summed E-state index contributed by atoms with van der Waals surface area (Å²) in [6.07, 6.45) is 1.05. The molecule has 1 aliphatic heterocycles. The van der Waals surface area contributed by atoms with E-state index in [1.165, 1.54) is 7.05 Å². The molecular formula is C14H27N9O4. The van der Waals surface area contributed by atoms with Crippen LogP contribution in [0.1, 0.15) is 19.3 Å². The van der Waals surface area contributed by atoms with E-state index in [1.807, 2.05) is 0 Å². The first-order chi connectivity index (χ1) is 12.6. The maximum atomic E-state index is 12.5. The van der Waals surface area contributed by atoms with Gasteiger partial charge in [-0.15, -0.1) is 0 Å². The van der Waals surface area contributed by atoms with Crippen LogP contribution in [0.2, 0.25) is 0 Å². The molecule has 0 radical (unpaired) electrons. The highest BCUT2D eigenvalue weighted by atomic mass is 16.3. The zero-order chi connectivity index (χ0) is 20.6. The molecule has 13 nitrogen and oxygen atoms in total. The molecule has 0 unspecified atom stereocenters. The molecule has 2 atom stereocenters. The maximum Gasteiger partial charge on any atom is 0.318 e. The highest BCUT2D eigenvalue weighted by Crippen LogP contribution is 2.19. The number of carbonyl (C=O) groups excluding carboxylic acids is 3. The molecule has 0 saturated heterocycles. The fourth-order valence-electron chi connectivity index (χ4n) is 2.48. The predicted octanol–water partition coefficient (Wildman–Crippen LogP) is -3.90. The van der Waals surface area contributed by atoms with E-state index in [-0.39, 0.29) is 24.9 Å². The van der Waals surface area contributed by atoms with Crippen LogP contribution in [0.5, 0.6) is 0 Å². The van der Waals surface area contributed by atoms with Crippen molar-refractivity contribution in [1.29, 1.82) is 0 Å². The Bertz CT molecular complexity index is 632. The molecule has 0 fully saturated rings. The molecule has 13 heteroatoms. The summed E-state index contributed by atoms with van der Waals surface area (Å²) in [4.78, 5) is 44.7. The Morgan fingerprint density at radius 3 is 2.63 bits per heavy atom. The number of urea groups is 1. The smallest absolute Gasteiger partial charge is 0.318 e. The lowest BCUT2D eigenvalue weighted by atomic mass is 9.95. The molecule has 1 aliphatic rings. The standard InChI is InChI=1S/C14H27N9O4/c1-23(9(25)5-8(15)3-2-4-19-11(16)17)14(7-24)6-20-13(21-10(14)26)22-12(18)27/h8,24H,2-7,15H2,1H3,(H4,16,17,19)(H4,18,20,21,22,26,27)/t8-,14-/m1/s1. The highest BCUT2D eigenvalue weighted by Gasteiger charge is 2.47. The Morgan fingerprint density at radius 1 is 1.44 bits per heavy atom. The third kappa shape index (κ3) is 6.07. The lowest BCUT2D eigenvalue weighted by Gasteiger charge is -2.40. The van der Waals surface area contributed by atoms with Gasteiger partial charge < -0.3 is 32.9 Å². The SMILES string of the molecule is CN(C(=O)C[C@H](N)CCCN=C(N)N)[C@@]1(CO)CN=C(NC(N)=O)NC1=O. The fraction of sp³-hybridized carbons (Fsp3) is 0.643. The number of likely N-dealkylation sites (N-methyl/N-ethyl adjacent to an activating group) is 1. The quantitative estimate of drug-likeness (QED) is 0.125. The second-order valence-corrected chi connectivity index (χ2v) is 6.16. The number of primary amides is 1. The van der Waals surface area contributed by atoms with Crippen molar-refractivity contribution in [1.82, 2.24) is 15.5 Å². The van der Waals surface area contributed by atoms with Gasteiger partial charge in [-0.3, -0.25) is 25.2 Å². The van der Waals surface area contributed by atoms with Gasteiger partial charge in [-0.25, -0.2) is 9.79 Å². The van der Waals surface area contributed by atoms with Crippen LogP contribution in [0.4, 0.5) is 4.79 Å². The van der Waals surface area contributed by atoms with Gasteiger partial charge in [0.1, 0.15) is 0 Å². The average Bonchev–Trinajstić information content (AvgIpc) is 2.58. The number of hydrogen-bond acceptors (Lipinski definition) is 7. The number of nitrogens with one attached hydrogen (secondary N) is 2. The first kappa shape index (κ1) is 22.1. The monoisotopic (exact) mass is 385 g/mol. The van der Waals surface area contributed by atoms with Crippen LogP contribution < -0.4 is 33.6 Å². The summed E-state index contributed by atoms with van der Waals surface area (Å²) >= 11 is 0. The number of carbonyl (C=O) groups is 3. The van der Waals surface area contributed by atoms with Crippen molar-refractivity contribution in [3.8, 4) is 0 Å². The third-order valence-corrected chi connectivity index (χ3v) is 4.14. The van der Waals surface area contributed by atoms with Crippen LogP contribution >= 0.6 is 0 Å². The van der Waals surface area contributed by atoms with Gasteiger partial charge in [-0.1, -0.05) is 0 Å². The Kier molecular flexibility index (Phi) is 7.93. The minimum Gasteiger partial charge on any atom is -0.393 e. The lowest BCUT2D eigenvalue weighted by molar-refractivity contribution is -0.148. The normalized spacial score (nSPS) is 20.1. The Balaban J connectivity index is 2.71. The van der Waals surface area contributed by atoms with Crippen LogP contribution in [0.15, 0.2) is 9.98 Å². The Hall–Kier alpha value is -2.93. The fourth-order valence-corrected chi connectivity index (χ4v) is 2.48. The highest BCUT2D eigenvalue weighted by molar-refractivity contribution is 6.09. The molecule has 0 aromatic carbocycles. The van der Waals surface area contributed by atoms with E-state index in [9.17, 15) is 19.5 Å². The Morgan fingerprint density at radius 2 is 2.11 bits per heavy atom. The van der Waals surface area contributed by atoms with Gasteiger partial charge in [-0.05, 0) is 12.8 Å². The maximum absolute atomic E-state index is 12.5. The van der Waals surface area contributed by atoms with Gasteiger partial charge in [0.05, 0.1) is 13.2 Å². The molecule has 27 heavy (non-hydrogen) atoms. The Labute approximate surface area is 156 Å². The van der Waals surface area contributed by atoms with Gasteiger partial charge in [-0.2, -0.15) is 0 Å². The molecule has 1 heterocycles. The summed E-state index contributed by atoms with van der Waals surface area (Å²) in [5.74, 6) is -1.29. The van der Waals surface area contributed by atoms with Crippen molar-refractivity contribution in [3.63, 3.8) is 0 Å². The van der Waals surface area contributed by atoms with E-state index >= 15 is 0 Å². The number of rotatable bonds is 8. The average molecular weight is 385 g/mol. The molecule has 1 rings (SSSR count). The number of hydrogen-bond donors (Lipinski definition) is 7. The molecule has 0 aromatic rings. The molecule has 0 aliphatic carbocycles. The van der Waals surface area contributed by atoms with Crippen LogP contribution in [-0.4, -0.2) is 78.1 Å². The summed E-state index contributed by atoms with van der Waals surface area (Å²) in [6, 6.07) is -1.37. The minimum atomic E-state index is -1.60. The number of amides is 4. The van der Waals surface area contributed by atoms with E-state index in [0.29, 0.717) is 19.4 Å². The summed E-state index contributed by atoms with van der Waals surface area (Å²) < 4.78 is 0. The van der Waals surface area contributed by atoms with Gasteiger partial charge in [0.2, 0.25) is 11.9 Å². The molecule has 0 saturated carbocycles. The zero-order valence-electron chi connectivity index (χ0n) is 15.1. The molecule has 152 valence electrons. The van der Waals surface area contributed by atoms with Crippen LogP contribution in [0.25, 0.3) is 0 Å². The van der Waals surface area contributed by atoms with Crippen LogP contribution in [0.3, 0.4) is 0 Å². The van der Waals surface area contributed by atoms with Crippen molar-refractivity contribution in [2.45, 2.75) is 30.8 Å². The van der Waals surface area contributed by atoms with Crippen molar-refractivity contribution >= 4 is 29.8 Å². The number of nitrogens with two attached hydrogens (primary N) is 4. The first-order valence-corrected chi connectivity index (χ1v) is 8.23.